The summed E-state index contributed by atoms with van der Waals surface area (Å²) in [4.78, 5) is 27.1. The van der Waals surface area contributed by atoms with Gasteiger partial charge in [0, 0.05) is 31.3 Å². The average Bonchev–Trinajstić information content (AvgIpc) is 2.20. The van der Waals surface area contributed by atoms with Crippen molar-refractivity contribution >= 4 is 11.7 Å². The zero-order valence-electron chi connectivity index (χ0n) is 8.88. The van der Waals surface area contributed by atoms with E-state index in [1.54, 1.807) is 14.1 Å². The maximum Gasteiger partial charge on any atom is 0.225 e. The van der Waals surface area contributed by atoms with Gasteiger partial charge in [0.15, 0.2) is 0 Å². The van der Waals surface area contributed by atoms with E-state index < -0.39 is 6.04 Å². The van der Waals surface area contributed by atoms with Crippen LogP contribution in [0.4, 0.5) is 0 Å². The van der Waals surface area contributed by atoms with Crippen LogP contribution in [-0.2, 0) is 9.59 Å². The molecule has 0 radical (unpaired) electrons. The SMILES string of the molecule is CN(C)C(=O)[C@H]1CCC(=O)[C@@H](N=[N+]=[N-])C1. The van der Waals surface area contributed by atoms with E-state index in [0.717, 1.165) is 0 Å². The van der Waals surface area contributed by atoms with Crippen LogP contribution < -0.4 is 0 Å². The Kier molecular flexibility index (Phi) is 3.68. The Bertz CT molecular complexity index is 320. The minimum Gasteiger partial charge on any atom is -0.349 e. The third-order valence-corrected chi connectivity index (χ3v) is 2.60. The summed E-state index contributed by atoms with van der Waals surface area (Å²) >= 11 is 0. The Hall–Kier alpha value is -1.55. The molecular weight excluding hydrogens is 196 g/mol. The maximum atomic E-state index is 11.6. The predicted octanol–water partition coefficient (Wildman–Crippen LogP) is 1.12. The van der Waals surface area contributed by atoms with Crippen LogP contribution in [0.1, 0.15) is 19.3 Å². The van der Waals surface area contributed by atoms with Crippen molar-refractivity contribution in [3.05, 3.63) is 10.4 Å². The molecule has 15 heavy (non-hydrogen) atoms. The normalized spacial score (nSPS) is 25.6. The van der Waals surface area contributed by atoms with Crippen molar-refractivity contribution in [2.75, 3.05) is 14.1 Å². The third kappa shape index (κ3) is 2.70. The molecule has 1 fully saturated rings. The van der Waals surface area contributed by atoms with E-state index in [4.69, 9.17) is 5.53 Å². The highest BCUT2D eigenvalue weighted by Crippen LogP contribution is 2.25. The molecule has 0 N–H and O–H groups in total. The van der Waals surface area contributed by atoms with Gasteiger partial charge < -0.3 is 4.90 Å². The molecule has 0 aromatic carbocycles. The number of hydrogen-bond acceptors (Lipinski definition) is 3. The van der Waals surface area contributed by atoms with Gasteiger partial charge in [0.1, 0.15) is 5.78 Å². The maximum absolute atomic E-state index is 11.6. The van der Waals surface area contributed by atoms with Crippen molar-refractivity contribution in [3.8, 4) is 0 Å². The number of carbonyl (C=O) groups excluding carboxylic acids is 2. The highest BCUT2D eigenvalue weighted by molar-refractivity contribution is 5.88. The first-order valence-electron chi connectivity index (χ1n) is 4.84. The van der Waals surface area contributed by atoms with E-state index in [1.807, 2.05) is 0 Å². The van der Waals surface area contributed by atoms with Gasteiger partial charge in [-0.15, -0.1) is 0 Å². The van der Waals surface area contributed by atoms with Crippen LogP contribution >= 0.6 is 0 Å². The Balaban J connectivity index is 2.69. The number of amides is 1. The number of ketones is 1. The van der Waals surface area contributed by atoms with Crippen LogP contribution in [0, 0.1) is 5.92 Å². The fourth-order valence-electron chi connectivity index (χ4n) is 1.77. The van der Waals surface area contributed by atoms with Crippen LogP contribution in [0.5, 0.6) is 0 Å². The number of azide groups is 1. The van der Waals surface area contributed by atoms with Gasteiger partial charge in [0.25, 0.3) is 0 Å². The smallest absolute Gasteiger partial charge is 0.225 e. The first-order chi connectivity index (χ1) is 7.06. The molecule has 2 atom stereocenters. The first-order valence-corrected chi connectivity index (χ1v) is 4.84. The zero-order chi connectivity index (χ0) is 11.4. The third-order valence-electron chi connectivity index (χ3n) is 2.60. The summed E-state index contributed by atoms with van der Waals surface area (Å²) < 4.78 is 0. The number of Topliss-reactive ketones (excluding diaryl/α,β-unsaturated/α-hetero) is 1. The molecule has 0 bridgehead atoms. The van der Waals surface area contributed by atoms with Gasteiger partial charge in [0.2, 0.25) is 5.91 Å². The van der Waals surface area contributed by atoms with Crippen molar-refractivity contribution in [3.63, 3.8) is 0 Å². The molecule has 0 unspecified atom stereocenters. The summed E-state index contributed by atoms with van der Waals surface area (Å²) in [5.74, 6) is -0.246. The fraction of sp³-hybridized carbons (Fsp3) is 0.778. The van der Waals surface area contributed by atoms with Gasteiger partial charge in [-0.3, -0.25) is 9.59 Å². The lowest BCUT2D eigenvalue weighted by Gasteiger charge is -2.26. The summed E-state index contributed by atoms with van der Waals surface area (Å²) in [6, 6.07) is -0.655. The molecule has 1 aliphatic carbocycles. The molecule has 1 amide bonds. The summed E-state index contributed by atoms with van der Waals surface area (Å²) in [7, 11) is 3.36. The number of rotatable bonds is 2. The van der Waals surface area contributed by atoms with Gasteiger partial charge in [0.05, 0.1) is 6.04 Å². The highest BCUT2D eigenvalue weighted by Gasteiger charge is 2.32. The molecular formula is C9H14N4O2. The molecule has 1 aliphatic rings. The van der Waals surface area contributed by atoms with E-state index in [0.29, 0.717) is 19.3 Å². The van der Waals surface area contributed by atoms with E-state index in [9.17, 15) is 9.59 Å². The second-order valence-electron chi connectivity index (χ2n) is 3.89. The minimum absolute atomic E-state index is 0.000592. The van der Waals surface area contributed by atoms with Crippen LogP contribution in [0.15, 0.2) is 5.11 Å². The molecule has 0 heterocycles. The summed E-state index contributed by atoms with van der Waals surface area (Å²) in [6.45, 7) is 0. The highest BCUT2D eigenvalue weighted by atomic mass is 16.2. The minimum atomic E-state index is -0.655. The Morgan fingerprint density at radius 3 is 2.80 bits per heavy atom. The van der Waals surface area contributed by atoms with Crippen LogP contribution in [0.2, 0.25) is 0 Å². The van der Waals surface area contributed by atoms with E-state index in [1.165, 1.54) is 4.90 Å². The summed E-state index contributed by atoms with van der Waals surface area (Å²) in [5, 5.41) is 3.42. The van der Waals surface area contributed by atoms with Gasteiger partial charge in [-0.1, -0.05) is 5.11 Å². The summed E-state index contributed by atoms with van der Waals surface area (Å²) in [6.07, 6.45) is 1.24. The van der Waals surface area contributed by atoms with Crippen molar-refractivity contribution in [2.24, 2.45) is 11.0 Å². The number of hydrogen-bond donors (Lipinski definition) is 0. The van der Waals surface area contributed by atoms with Crippen LogP contribution in [0.3, 0.4) is 0 Å². The van der Waals surface area contributed by atoms with Crippen molar-refractivity contribution in [2.45, 2.75) is 25.3 Å². The fourth-order valence-corrected chi connectivity index (χ4v) is 1.77. The van der Waals surface area contributed by atoms with E-state index >= 15 is 0 Å². The topological polar surface area (TPSA) is 86.1 Å². The van der Waals surface area contributed by atoms with Crippen LogP contribution in [0.25, 0.3) is 10.4 Å². The van der Waals surface area contributed by atoms with Gasteiger partial charge in [-0.2, -0.15) is 0 Å². The molecule has 0 aliphatic heterocycles. The molecule has 82 valence electrons. The van der Waals surface area contributed by atoms with Crippen LogP contribution in [-0.4, -0.2) is 36.7 Å². The quantitative estimate of drug-likeness (QED) is 0.388. The first kappa shape index (κ1) is 11.5. The summed E-state index contributed by atoms with van der Waals surface area (Å²) in [5.41, 5.74) is 8.28. The van der Waals surface area contributed by atoms with Crippen molar-refractivity contribution in [1.29, 1.82) is 0 Å². The second kappa shape index (κ2) is 4.79. The lowest BCUT2D eigenvalue weighted by molar-refractivity contribution is -0.135. The molecule has 1 rings (SSSR count). The average molecular weight is 210 g/mol. The van der Waals surface area contributed by atoms with Gasteiger partial charge in [-0.25, -0.2) is 0 Å². The monoisotopic (exact) mass is 210 g/mol. The zero-order valence-corrected chi connectivity index (χ0v) is 8.88. The second-order valence-corrected chi connectivity index (χ2v) is 3.89. The molecule has 1 saturated carbocycles. The van der Waals surface area contributed by atoms with Gasteiger partial charge >= 0.3 is 0 Å². The molecule has 0 spiro atoms. The molecule has 0 aromatic heterocycles. The Labute approximate surface area is 87.9 Å². The molecule has 6 nitrogen and oxygen atoms in total. The number of nitrogens with zero attached hydrogens (tertiary/aromatic N) is 4. The van der Waals surface area contributed by atoms with Crippen molar-refractivity contribution in [1.82, 2.24) is 4.90 Å². The van der Waals surface area contributed by atoms with E-state index in [-0.39, 0.29) is 17.6 Å². The lowest BCUT2D eigenvalue weighted by atomic mass is 9.84. The number of carbonyl (C=O) groups is 2. The molecule has 6 heteroatoms. The molecule has 0 saturated heterocycles. The Morgan fingerprint density at radius 2 is 2.27 bits per heavy atom. The lowest BCUT2D eigenvalue weighted by Crippen LogP contribution is -2.37. The Morgan fingerprint density at radius 1 is 1.60 bits per heavy atom. The van der Waals surface area contributed by atoms with E-state index in [2.05, 4.69) is 10.0 Å². The van der Waals surface area contributed by atoms with Crippen molar-refractivity contribution < 1.29 is 9.59 Å². The molecule has 0 aromatic rings. The largest absolute Gasteiger partial charge is 0.349 e. The standard InChI is InChI=1S/C9H14N4O2/c1-13(2)9(15)6-3-4-8(14)7(5-6)11-12-10/h6-7H,3-5H2,1-2H3/t6-,7-/m0/s1. The predicted molar refractivity (Wildman–Crippen MR) is 54.0 cm³/mol. The van der Waals surface area contributed by atoms with Gasteiger partial charge in [-0.05, 0) is 18.4 Å².